The van der Waals surface area contributed by atoms with E-state index < -0.39 is 0 Å². The zero-order valence-corrected chi connectivity index (χ0v) is 16.2. The molecule has 0 aliphatic carbocycles. The normalized spacial score (nSPS) is 22.2. The Balaban J connectivity index is 1.32. The van der Waals surface area contributed by atoms with Crippen LogP contribution in [0.3, 0.4) is 0 Å². The molecule has 4 rings (SSSR count). The van der Waals surface area contributed by atoms with E-state index in [-0.39, 0.29) is 18.0 Å². The van der Waals surface area contributed by atoms with Crippen molar-refractivity contribution in [2.24, 2.45) is 0 Å². The number of pyridine rings is 1. The van der Waals surface area contributed by atoms with Gasteiger partial charge in [0, 0.05) is 43.2 Å². The van der Waals surface area contributed by atoms with Crippen molar-refractivity contribution < 1.29 is 18.6 Å². The van der Waals surface area contributed by atoms with E-state index in [4.69, 9.17) is 14.2 Å². The lowest BCUT2D eigenvalue weighted by Crippen LogP contribution is -2.43. The first kappa shape index (κ1) is 19.0. The highest BCUT2D eigenvalue weighted by molar-refractivity contribution is 5.36. The molecule has 1 saturated heterocycles. The molecule has 0 amide bonds. The highest BCUT2D eigenvalue weighted by atomic mass is 19.1. The topological polar surface area (TPSA) is 69.6 Å². The molecule has 8 heteroatoms. The molecule has 2 aliphatic heterocycles. The number of halogens is 1. The average Bonchev–Trinajstić information content (AvgIpc) is 2.70. The van der Waals surface area contributed by atoms with Gasteiger partial charge in [-0.05, 0) is 26.7 Å². The van der Waals surface area contributed by atoms with E-state index in [1.807, 2.05) is 6.92 Å². The van der Waals surface area contributed by atoms with Crippen molar-refractivity contribution in [2.45, 2.75) is 52.0 Å². The third-order valence-electron chi connectivity index (χ3n) is 5.20. The van der Waals surface area contributed by atoms with Crippen LogP contribution >= 0.6 is 0 Å². The zero-order valence-electron chi connectivity index (χ0n) is 16.2. The molecule has 2 aromatic heterocycles. The SMILES string of the molecule is Cc1ncc(CO[C@H]2CCN(Cc3nc4c(cc3F)OCCO4)[C@@H](C)C2)cn1. The second kappa shape index (κ2) is 8.36. The number of aryl methyl sites for hydroxylation is 1. The monoisotopic (exact) mass is 388 g/mol. The van der Waals surface area contributed by atoms with Crippen LogP contribution in [0.1, 0.15) is 36.8 Å². The van der Waals surface area contributed by atoms with Gasteiger partial charge in [0.25, 0.3) is 5.88 Å². The summed E-state index contributed by atoms with van der Waals surface area (Å²) in [6, 6.07) is 1.64. The summed E-state index contributed by atoms with van der Waals surface area (Å²) in [7, 11) is 0. The minimum atomic E-state index is -0.353. The fourth-order valence-corrected chi connectivity index (χ4v) is 3.56. The Hall–Kier alpha value is -2.32. The van der Waals surface area contributed by atoms with Gasteiger partial charge in [0.1, 0.15) is 24.9 Å². The number of likely N-dealkylation sites (tertiary alicyclic amines) is 1. The van der Waals surface area contributed by atoms with Crippen LogP contribution in [-0.2, 0) is 17.9 Å². The van der Waals surface area contributed by atoms with Gasteiger partial charge in [-0.3, -0.25) is 4.90 Å². The molecule has 0 bridgehead atoms. The molecule has 0 saturated carbocycles. The van der Waals surface area contributed by atoms with Gasteiger partial charge >= 0.3 is 0 Å². The quantitative estimate of drug-likeness (QED) is 0.780. The Kier molecular flexibility index (Phi) is 5.68. The highest BCUT2D eigenvalue weighted by Crippen LogP contribution is 2.31. The average molecular weight is 388 g/mol. The molecular formula is C20H25FN4O3. The lowest BCUT2D eigenvalue weighted by Gasteiger charge is -2.37. The van der Waals surface area contributed by atoms with Crippen LogP contribution in [-0.4, -0.2) is 51.8 Å². The molecule has 1 fully saturated rings. The Labute approximate surface area is 163 Å². The predicted molar refractivity (Wildman–Crippen MR) is 99.6 cm³/mol. The molecule has 0 radical (unpaired) electrons. The number of hydrogen-bond acceptors (Lipinski definition) is 7. The van der Waals surface area contributed by atoms with Gasteiger partial charge in [-0.15, -0.1) is 0 Å². The summed E-state index contributed by atoms with van der Waals surface area (Å²) < 4.78 is 31.3. The summed E-state index contributed by atoms with van der Waals surface area (Å²) in [5.74, 6) is 1.17. The largest absolute Gasteiger partial charge is 0.484 e. The Morgan fingerprint density at radius 2 is 2.04 bits per heavy atom. The van der Waals surface area contributed by atoms with E-state index in [9.17, 15) is 4.39 Å². The van der Waals surface area contributed by atoms with Crippen molar-refractivity contribution in [3.05, 3.63) is 41.4 Å². The molecule has 0 N–H and O–H groups in total. The lowest BCUT2D eigenvalue weighted by atomic mass is 10.00. The third kappa shape index (κ3) is 4.39. The molecule has 2 atom stereocenters. The fraction of sp³-hybridized carbons (Fsp3) is 0.550. The van der Waals surface area contributed by atoms with Crippen molar-refractivity contribution in [1.82, 2.24) is 19.9 Å². The molecule has 150 valence electrons. The van der Waals surface area contributed by atoms with E-state index in [2.05, 4.69) is 26.8 Å². The summed E-state index contributed by atoms with van der Waals surface area (Å²) in [4.78, 5) is 15.0. The Bertz CT molecular complexity index is 818. The Morgan fingerprint density at radius 3 is 2.82 bits per heavy atom. The van der Waals surface area contributed by atoms with Crippen LogP contribution in [0.4, 0.5) is 4.39 Å². The van der Waals surface area contributed by atoms with Gasteiger partial charge in [-0.2, -0.15) is 0 Å². The van der Waals surface area contributed by atoms with Crippen LogP contribution in [0.5, 0.6) is 11.6 Å². The van der Waals surface area contributed by atoms with Crippen LogP contribution < -0.4 is 9.47 Å². The minimum absolute atomic E-state index is 0.172. The first-order chi connectivity index (χ1) is 13.6. The van der Waals surface area contributed by atoms with Gasteiger partial charge < -0.3 is 14.2 Å². The van der Waals surface area contributed by atoms with E-state index in [1.165, 1.54) is 6.07 Å². The summed E-state index contributed by atoms with van der Waals surface area (Å²) >= 11 is 0. The van der Waals surface area contributed by atoms with E-state index >= 15 is 0 Å². The predicted octanol–water partition coefficient (Wildman–Crippen LogP) is 2.66. The molecular weight excluding hydrogens is 363 g/mol. The maximum Gasteiger partial charge on any atom is 0.257 e. The van der Waals surface area contributed by atoms with Gasteiger partial charge in [0.05, 0.1) is 18.4 Å². The van der Waals surface area contributed by atoms with Crippen LogP contribution in [0.2, 0.25) is 0 Å². The number of ether oxygens (including phenoxy) is 3. The van der Waals surface area contributed by atoms with Crippen molar-refractivity contribution in [3.63, 3.8) is 0 Å². The van der Waals surface area contributed by atoms with E-state index in [0.717, 1.165) is 30.8 Å². The number of hydrogen-bond donors (Lipinski definition) is 0. The molecule has 2 aliphatic rings. The van der Waals surface area contributed by atoms with Gasteiger partial charge in [-0.1, -0.05) is 0 Å². The van der Waals surface area contributed by atoms with Crippen LogP contribution in [0, 0.1) is 12.7 Å². The maximum atomic E-state index is 14.4. The molecule has 28 heavy (non-hydrogen) atoms. The van der Waals surface area contributed by atoms with Crippen LogP contribution in [0.15, 0.2) is 18.5 Å². The molecule has 2 aromatic rings. The first-order valence-electron chi connectivity index (χ1n) is 9.66. The molecule has 0 aromatic carbocycles. The number of aromatic nitrogens is 3. The number of nitrogens with zero attached hydrogens (tertiary/aromatic N) is 4. The summed E-state index contributed by atoms with van der Waals surface area (Å²) in [6.45, 7) is 6.65. The number of rotatable bonds is 5. The number of piperidine rings is 1. The minimum Gasteiger partial charge on any atom is -0.484 e. The summed E-state index contributed by atoms with van der Waals surface area (Å²) in [5, 5.41) is 0. The summed E-state index contributed by atoms with van der Waals surface area (Å²) in [5.41, 5.74) is 1.37. The van der Waals surface area contributed by atoms with Crippen molar-refractivity contribution in [3.8, 4) is 11.6 Å². The van der Waals surface area contributed by atoms with Crippen molar-refractivity contribution in [2.75, 3.05) is 19.8 Å². The van der Waals surface area contributed by atoms with Crippen LogP contribution in [0.25, 0.3) is 0 Å². The fourth-order valence-electron chi connectivity index (χ4n) is 3.56. The maximum absolute atomic E-state index is 14.4. The summed E-state index contributed by atoms with van der Waals surface area (Å²) in [6.07, 6.45) is 5.56. The third-order valence-corrected chi connectivity index (χ3v) is 5.20. The van der Waals surface area contributed by atoms with E-state index in [0.29, 0.717) is 43.7 Å². The van der Waals surface area contributed by atoms with Crippen molar-refractivity contribution >= 4 is 0 Å². The van der Waals surface area contributed by atoms with Gasteiger partial charge in [-0.25, -0.2) is 19.3 Å². The van der Waals surface area contributed by atoms with Crippen molar-refractivity contribution in [1.29, 1.82) is 0 Å². The second-order valence-corrected chi connectivity index (χ2v) is 7.33. The molecule has 0 unspecified atom stereocenters. The lowest BCUT2D eigenvalue weighted by molar-refractivity contribution is -0.0233. The number of fused-ring (bicyclic) bond motifs is 1. The molecule has 0 spiro atoms. The van der Waals surface area contributed by atoms with Gasteiger partial charge in [0.2, 0.25) is 0 Å². The highest BCUT2D eigenvalue weighted by Gasteiger charge is 2.28. The van der Waals surface area contributed by atoms with E-state index in [1.54, 1.807) is 12.4 Å². The van der Waals surface area contributed by atoms with Gasteiger partial charge in [0.15, 0.2) is 5.75 Å². The molecule has 7 nitrogen and oxygen atoms in total. The first-order valence-corrected chi connectivity index (χ1v) is 9.66. The smallest absolute Gasteiger partial charge is 0.257 e. The second-order valence-electron chi connectivity index (χ2n) is 7.33. The zero-order chi connectivity index (χ0) is 19.5. The molecule has 4 heterocycles. The Morgan fingerprint density at radius 1 is 1.25 bits per heavy atom. The standard InChI is InChI=1S/C20H25FN4O3/c1-13-7-16(28-12-15-9-22-14(2)23-10-15)3-4-25(13)11-18-17(21)8-19-20(24-18)27-6-5-26-19/h8-10,13,16H,3-7,11-12H2,1-2H3/t13-,16-/m0/s1.